The van der Waals surface area contributed by atoms with Gasteiger partial charge in [0.05, 0.1) is 6.61 Å². The zero-order valence-electron chi connectivity index (χ0n) is 11.1. The maximum absolute atomic E-state index is 11.6. The fourth-order valence-electron chi connectivity index (χ4n) is 2.27. The van der Waals surface area contributed by atoms with Gasteiger partial charge in [0, 0.05) is 6.04 Å². The third-order valence-electron chi connectivity index (χ3n) is 3.22. The van der Waals surface area contributed by atoms with Gasteiger partial charge < -0.3 is 10.1 Å². The standard InChI is InChI=1S/C15H21NO2/c1-11(2)10-18-15(17)16-14-8-7-12-5-3-4-6-13(12)9-14/h3-6,11,14H,7-10H2,1-2H3,(H,16,17). The van der Waals surface area contributed by atoms with Crippen LogP contribution in [-0.2, 0) is 17.6 Å². The Hall–Kier alpha value is -1.51. The van der Waals surface area contributed by atoms with Crippen LogP contribution in [0.2, 0.25) is 0 Å². The predicted molar refractivity (Wildman–Crippen MR) is 71.6 cm³/mol. The zero-order valence-corrected chi connectivity index (χ0v) is 11.1. The van der Waals surface area contributed by atoms with Gasteiger partial charge in [-0.3, -0.25) is 0 Å². The number of hydrogen-bond donors (Lipinski definition) is 1. The number of ether oxygens (including phenoxy) is 1. The number of rotatable bonds is 3. The number of aryl methyl sites for hydroxylation is 1. The number of fused-ring (bicyclic) bond motifs is 1. The van der Waals surface area contributed by atoms with Gasteiger partial charge in [-0.15, -0.1) is 0 Å². The fourth-order valence-corrected chi connectivity index (χ4v) is 2.27. The average Bonchev–Trinajstić information content (AvgIpc) is 2.36. The van der Waals surface area contributed by atoms with E-state index < -0.39 is 0 Å². The van der Waals surface area contributed by atoms with Gasteiger partial charge in [0.1, 0.15) is 0 Å². The Bertz CT molecular complexity index is 415. The number of benzene rings is 1. The normalized spacial score (nSPS) is 18.3. The number of carbonyl (C=O) groups is 1. The molecule has 0 saturated heterocycles. The van der Waals surface area contributed by atoms with Crippen LogP contribution in [0.4, 0.5) is 4.79 Å². The number of carbonyl (C=O) groups excluding carboxylic acids is 1. The molecular weight excluding hydrogens is 226 g/mol. The molecule has 1 aliphatic rings. The summed E-state index contributed by atoms with van der Waals surface area (Å²) in [4.78, 5) is 11.6. The Kier molecular flexibility index (Phi) is 4.24. The van der Waals surface area contributed by atoms with E-state index in [2.05, 4.69) is 29.6 Å². The average molecular weight is 247 g/mol. The Morgan fingerprint density at radius 1 is 1.39 bits per heavy atom. The van der Waals surface area contributed by atoms with E-state index in [1.807, 2.05) is 13.8 Å². The molecule has 1 atom stereocenters. The first-order valence-corrected chi connectivity index (χ1v) is 6.65. The lowest BCUT2D eigenvalue weighted by Gasteiger charge is -2.25. The van der Waals surface area contributed by atoms with Crippen LogP contribution in [0.5, 0.6) is 0 Å². The SMILES string of the molecule is CC(C)COC(=O)NC1CCc2ccccc2C1. The van der Waals surface area contributed by atoms with E-state index >= 15 is 0 Å². The molecule has 1 aliphatic carbocycles. The summed E-state index contributed by atoms with van der Waals surface area (Å²) in [5, 5.41) is 2.95. The van der Waals surface area contributed by atoms with E-state index in [0.29, 0.717) is 12.5 Å². The topological polar surface area (TPSA) is 38.3 Å². The molecule has 0 heterocycles. The minimum atomic E-state index is -0.284. The molecule has 18 heavy (non-hydrogen) atoms. The van der Waals surface area contributed by atoms with E-state index in [1.54, 1.807) is 0 Å². The molecule has 1 aromatic carbocycles. The van der Waals surface area contributed by atoms with Crippen molar-refractivity contribution in [1.29, 1.82) is 0 Å². The number of nitrogens with one attached hydrogen (secondary N) is 1. The summed E-state index contributed by atoms with van der Waals surface area (Å²) < 4.78 is 5.14. The van der Waals surface area contributed by atoms with Crippen LogP contribution in [0.25, 0.3) is 0 Å². The molecule has 1 amide bonds. The Morgan fingerprint density at radius 2 is 2.11 bits per heavy atom. The van der Waals surface area contributed by atoms with Gasteiger partial charge >= 0.3 is 6.09 Å². The number of hydrogen-bond acceptors (Lipinski definition) is 2. The molecule has 98 valence electrons. The molecular formula is C15H21NO2. The van der Waals surface area contributed by atoms with Crippen LogP contribution >= 0.6 is 0 Å². The molecule has 3 heteroatoms. The molecule has 2 rings (SSSR count). The highest BCUT2D eigenvalue weighted by molar-refractivity contribution is 5.67. The first-order chi connectivity index (χ1) is 8.65. The van der Waals surface area contributed by atoms with Crippen LogP contribution in [0, 0.1) is 5.92 Å². The fraction of sp³-hybridized carbons (Fsp3) is 0.533. The van der Waals surface area contributed by atoms with E-state index in [4.69, 9.17) is 4.74 Å². The van der Waals surface area contributed by atoms with Crippen LogP contribution in [0.1, 0.15) is 31.4 Å². The molecule has 0 aromatic heterocycles. The summed E-state index contributed by atoms with van der Waals surface area (Å²) >= 11 is 0. The van der Waals surface area contributed by atoms with Crippen LogP contribution < -0.4 is 5.32 Å². The van der Waals surface area contributed by atoms with E-state index in [1.165, 1.54) is 11.1 Å². The highest BCUT2D eigenvalue weighted by atomic mass is 16.5. The third kappa shape index (κ3) is 3.49. The first-order valence-electron chi connectivity index (χ1n) is 6.65. The van der Waals surface area contributed by atoms with Crippen molar-refractivity contribution in [1.82, 2.24) is 5.32 Å². The predicted octanol–water partition coefficient (Wildman–Crippen LogP) is 2.93. The third-order valence-corrected chi connectivity index (χ3v) is 3.22. The smallest absolute Gasteiger partial charge is 0.407 e. The Labute approximate surface area is 109 Å². The summed E-state index contributed by atoms with van der Waals surface area (Å²) in [5.74, 6) is 0.378. The largest absolute Gasteiger partial charge is 0.449 e. The quantitative estimate of drug-likeness (QED) is 0.892. The Balaban J connectivity index is 1.84. The minimum Gasteiger partial charge on any atom is -0.449 e. The zero-order chi connectivity index (χ0) is 13.0. The van der Waals surface area contributed by atoms with Gasteiger partial charge in [-0.1, -0.05) is 38.1 Å². The van der Waals surface area contributed by atoms with Crippen molar-refractivity contribution in [2.45, 2.75) is 39.2 Å². The summed E-state index contributed by atoms with van der Waals surface area (Å²) in [5.41, 5.74) is 2.75. The van der Waals surface area contributed by atoms with E-state index in [9.17, 15) is 4.79 Å². The van der Waals surface area contributed by atoms with Gasteiger partial charge in [0.25, 0.3) is 0 Å². The maximum Gasteiger partial charge on any atom is 0.407 e. The van der Waals surface area contributed by atoms with E-state index in [0.717, 1.165) is 19.3 Å². The summed E-state index contributed by atoms with van der Waals surface area (Å²) in [6, 6.07) is 8.65. The molecule has 1 aromatic rings. The molecule has 1 unspecified atom stereocenters. The minimum absolute atomic E-state index is 0.208. The van der Waals surface area contributed by atoms with Gasteiger partial charge in [0.15, 0.2) is 0 Å². The molecule has 0 aliphatic heterocycles. The molecule has 0 spiro atoms. The summed E-state index contributed by atoms with van der Waals surface area (Å²) in [6.07, 6.45) is 2.65. The van der Waals surface area contributed by atoms with Crippen LogP contribution in [0.3, 0.4) is 0 Å². The maximum atomic E-state index is 11.6. The van der Waals surface area contributed by atoms with Crippen molar-refractivity contribution in [3.05, 3.63) is 35.4 Å². The molecule has 0 fully saturated rings. The second-order valence-electron chi connectivity index (χ2n) is 5.35. The molecule has 0 bridgehead atoms. The molecule has 1 N–H and O–H groups in total. The summed E-state index contributed by atoms with van der Waals surface area (Å²) in [7, 11) is 0. The van der Waals surface area contributed by atoms with Crippen molar-refractivity contribution in [2.24, 2.45) is 5.92 Å². The molecule has 3 nitrogen and oxygen atoms in total. The summed E-state index contributed by atoms with van der Waals surface area (Å²) in [6.45, 7) is 4.55. The van der Waals surface area contributed by atoms with Gasteiger partial charge in [-0.2, -0.15) is 0 Å². The highest BCUT2D eigenvalue weighted by Crippen LogP contribution is 2.20. The van der Waals surface area contributed by atoms with Gasteiger partial charge in [-0.25, -0.2) is 4.79 Å². The molecule has 0 saturated carbocycles. The van der Waals surface area contributed by atoms with Crippen molar-refractivity contribution in [2.75, 3.05) is 6.61 Å². The highest BCUT2D eigenvalue weighted by Gasteiger charge is 2.20. The van der Waals surface area contributed by atoms with Crippen LogP contribution in [-0.4, -0.2) is 18.7 Å². The van der Waals surface area contributed by atoms with Crippen LogP contribution in [0.15, 0.2) is 24.3 Å². The van der Waals surface area contributed by atoms with Gasteiger partial charge in [-0.05, 0) is 36.3 Å². The van der Waals surface area contributed by atoms with Crippen molar-refractivity contribution in [3.63, 3.8) is 0 Å². The second kappa shape index (κ2) is 5.89. The van der Waals surface area contributed by atoms with Crippen molar-refractivity contribution in [3.8, 4) is 0 Å². The van der Waals surface area contributed by atoms with Crippen molar-refractivity contribution < 1.29 is 9.53 Å². The van der Waals surface area contributed by atoms with Crippen molar-refractivity contribution >= 4 is 6.09 Å². The van der Waals surface area contributed by atoms with E-state index in [-0.39, 0.29) is 12.1 Å². The monoisotopic (exact) mass is 247 g/mol. The number of amides is 1. The lowest BCUT2D eigenvalue weighted by atomic mass is 9.88. The lowest BCUT2D eigenvalue weighted by Crippen LogP contribution is -2.39. The molecule has 0 radical (unpaired) electrons. The second-order valence-corrected chi connectivity index (χ2v) is 5.35. The lowest BCUT2D eigenvalue weighted by molar-refractivity contribution is 0.128. The number of alkyl carbamates (subject to hydrolysis) is 1. The Morgan fingerprint density at radius 3 is 2.83 bits per heavy atom. The van der Waals surface area contributed by atoms with Gasteiger partial charge in [0.2, 0.25) is 0 Å². The first kappa shape index (κ1) is 12.9.